The number of fused-ring (bicyclic) bond motifs is 1. The quantitative estimate of drug-likeness (QED) is 0.842. The van der Waals surface area contributed by atoms with Gasteiger partial charge in [0.1, 0.15) is 0 Å². The van der Waals surface area contributed by atoms with Crippen LogP contribution >= 0.6 is 0 Å². The Kier molecular flexibility index (Phi) is 1.95. The molecule has 2 saturated carbocycles. The summed E-state index contributed by atoms with van der Waals surface area (Å²) >= 11 is 0. The van der Waals surface area contributed by atoms with Crippen LogP contribution in [0.2, 0.25) is 0 Å². The summed E-state index contributed by atoms with van der Waals surface area (Å²) in [5.41, 5.74) is 2.38. The van der Waals surface area contributed by atoms with E-state index in [-0.39, 0.29) is 0 Å². The molecule has 3 heteroatoms. The summed E-state index contributed by atoms with van der Waals surface area (Å²) in [6, 6.07) is 7.08. The number of H-pyrrole nitrogens is 1. The summed E-state index contributed by atoms with van der Waals surface area (Å²) in [5.74, 6) is 1.83. The van der Waals surface area contributed by atoms with Crippen LogP contribution in [0.5, 0.6) is 0 Å². The van der Waals surface area contributed by atoms with Gasteiger partial charge in [0.15, 0.2) is 0 Å². The van der Waals surface area contributed by atoms with E-state index in [9.17, 15) is 0 Å². The smallest absolute Gasteiger partial charge is 0.0881 e. The average molecular weight is 227 g/mol. The summed E-state index contributed by atoms with van der Waals surface area (Å²) < 4.78 is 0. The Hall–Kier alpha value is -1.51. The van der Waals surface area contributed by atoms with Gasteiger partial charge in [-0.05, 0) is 43.6 Å². The zero-order valence-corrected chi connectivity index (χ0v) is 9.82. The van der Waals surface area contributed by atoms with Gasteiger partial charge in [-0.25, -0.2) is 0 Å². The van der Waals surface area contributed by atoms with E-state index in [1.165, 1.54) is 36.8 Å². The molecule has 3 nitrogen and oxygen atoms in total. The van der Waals surface area contributed by atoms with E-state index < -0.39 is 0 Å². The number of anilines is 1. The topological polar surface area (TPSA) is 40.7 Å². The Morgan fingerprint density at radius 1 is 1.18 bits per heavy atom. The van der Waals surface area contributed by atoms with Gasteiger partial charge in [0.05, 0.1) is 17.4 Å². The summed E-state index contributed by atoms with van der Waals surface area (Å²) in [7, 11) is 0. The first kappa shape index (κ1) is 9.51. The minimum Gasteiger partial charge on any atom is -0.380 e. The molecule has 0 atom stereocenters. The van der Waals surface area contributed by atoms with E-state index in [4.69, 9.17) is 0 Å². The molecule has 2 aliphatic carbocycles. The van der Waals surface area contributed by atoms with Gasteiger partial charge in [-0.15, -0.1) is 0 Å². The maximum atomic E-state index is 4.13. The fourth-order valence-corrected chi connectivity index (χ4v) is 2.80. The molecule has 2 aliphatic rings. The molecule has 2 N–H and O–H groups in total. The fourth-order valence-electron chi connectivity index (χ4n) is 2.80. The molecule has 0 saturated heterocycles. The Morgan fingerprint density at radius 2 is 1.94 bits per heavy atom. The molecular formula is C14H17N3. The van der Waals surface area contributed by atoms with E-state index in [1.807, 2.05) is 6.20 Å². The van der Waals surface area contributed by atoms with Crippen LogP contribution in [0.1, 0.15) is 25.7 Å². The molecule has 0 bridgehead atoms. The van der Waals surface area contributed by atoms with Crippen LogP contribution in [-0.4, -0.2) is 16.2 Å². The van der Waals surface area contributed by atoms with E-state index in [0.29, 0.717) is 6.04 Å². The number of aromatic amines is 1. The highest BCUT2D eigenvalue weighted by atomic mass is 15.1. The van der Waals surface area contributed by atoms with Crippen LogP contribution in [0.25, 0.3) is 10.9 Å². The lowest BCUT2D eigenvalue weighted by Gasteiger charge is -2.19. The molecule has 0 radical (unpaired) electrons. The highest BCUT2D eigenvalue weighted by Crippen LogP contribution is 2.46. The van der Waals surface area contributed by atoms with E-state index in [2.05, 4.69) is 33.7 Å². The van der Waals surface area contributed by atoms with Crippen molar-refractivity contribution >= 4 is 16.6 Å². The lowest BCUT2D eigenvalue weighted by Crippen LogP contribution is -2.24. The molecule has 0 aliphatic heterocycles. The summed E-state index contributed by atoms with van der Waals surface area (Å²) in [4.78, 5) is 0. The third kappa shape index (κ3) is 1.70. The summed E-state index contributed by atoms with van der Waals surface area (Å²) in [5, 5.41) is 12.2. The molecule has 2 fully saturated rings. The highest BCUT2D eigenvalue weighted by Gasteiger charge is 2.41. The number of hydrogen-bond donors (Lipinski definition) is 2. The molecule has 0 amide bonds. The van der Waals surface area contributed by atoms with Crippen LogP contribution in [0, 0.1) is 11.8 Å². The van der Waals surface area contributed by atoms with Crippen LogP contribution in [0.4, 0.5) is 5.69 Å². The predicted molar refractivity (Wildman–Crippen MR) is 69.0 cm³/mol. The Morgan fingerprint density at radius 3 is 2.65 bits per heavy atom. The van der Waals surface area contributed by atoms with Gasteiger partial charge >= 0.3 is 0 Å². The van der Waals surface area contributed by atoms with Crippen molar-refractivity contribution in [3.63, 3.8) is 0 Å². The number of para-hydroxylation sites is 1. The molecule has 1 heterocycles. The molecular weight excluding hydrogens is 210 g/mol. The van der Waals surface area contributed by atoms with Crippen molar-refractivity contribution in [2.24, 2.45) is 11.8 Å². The molecule has 0 spiro atoms. The van der Waals surface area contributed by atoms with Gasteiger partial charge in [-0.2, -0.15) is 5.10 Å². The van der Waals surface area contributed by atoms with Crippen molar-refractivity contribution in [3.8, 4) is 0 Å². The maximum Gasteiger partial charge on any atom is 0.0881 e. The third-order valence-corrected chi connectivity index (χ3v) is 4.06. The predicted octanol–water partition coefficient (Wildman–Crippen LogP) is 3.16. The second-order valence-corrected chi connectivity index (χ2v) is 5.48. The lowest BCUT2D eigenvalue weighted by atomic mass is 10.1. The number of hydrogen-bond acceptors (Lipinski definition) is 2. The highest BCUT2D eigenvalue weighted by molar-refractivity contribution is 5.90. The second-order valence-electron chi connectivity index (χ2n) is 5.48. The summed E-state index contributed by atoms with van der Waals surface area (Å²) in [6.45, 7) is 0. The zero-order valence-electron chi connectivity index (χ0n) is 9.82. The fraction of sp³-hybridized carbons (Fsp3) is 0.500. The largest absolute Gasteiger partial charge is 0.380 e. The number of benzene rings is 1. The van der Waals surface area contributed by atoms with Crippen molar-refractivity contribution < 1.29 is 0 Å². The van der Waals surface area contributed by atoms with Gasteiger partial charge in [0.25, 0.3) is 0 Å². The number of aromatic nitrogens is 2. The molecule has 1 aromatic carbocycles. The number of rotatable bonds is 4. The van der Waals surface area contributed by atoms with Crippen LogP contribution in [-0.2, 0) is 0 Å². The van der Waals surface area contributed by atoms with Crippen LogP contribution < -0.4 is 5.32 Å². The molecule has 17 heavy (non-hydrogen) atoms. The average Bonchev–Trinajstić information content (AvgIpc) is 3.25. The molecule has 4 rings (SSSR count). The maximum absolute atomic E-state index is 4.13. The van der Waals surface area contributed by atoms with Crippen molar-refractivity contribution in [3.05, 3.63) is 24.4 Å². The van der Waals surface area contributed by atoms with Crippen molar-refractivity contribution in [1.29, 1.82) is 0 Å². The van der Waals surface area contributed by atoms with Crippen LogP contribution in [0.15, 0.2) is 24.4 Å². The minimum atomic E-state index is 0.698. The van der Waals surface area contributed by atoms with E-state index >= 15 is 0 Å². The SMILES string of the molecule is c1cc(NC(C2CC2)C2CC2)c2[nH]ncc2c1. The normalized spacial score (nSPS) is 20.1. The van der Waals surface area contributed by atoms with Gasteiger partial charge < -0.3 is 5.32 Å². The monoisotopic (exact) mass is 227 g/mol. The first-order valence-electron chi connectivity index (χ1n) is 6.60. The number of nitrogens with one attached hydrogen (secondary N) is 2. The Labute approximate surface area is 101 Å². The van der Waals surface area contributed by atoms with Gasteiger partial charge in [-0.3, -0.25) is 5.10 Å². The molecule has 88 valence electrons. The number of nitrogens with zero attached hydrogens (tertiary/aromatic N) is 1. The Bertz CT molecular complexity index is 525. The van der Waals surface area contributed by atoms with Gasteiger partial charge in [0, 0.05) is 11.4 Å². The molecule has 0 unspecified atom stereocenters. The van der Waals surface area contributed by atoms with Crippen LogP contribution in [0.3, 0.4) is 0 Å². The second kappa shape index (κ2) is 3.49. The van der Waals surface area contributed by atoms with Crippen molar-refractivity contribution in [2.75, 3.05) is 5.32 Å². The lowest BCUT2D eigenvalue weighted by molar-refractivity contribution is 0.568. The third-order valence-electron chi connectivity index (χ3n) is 4.06. The van der Waals surface area contributed by atoms with E-state index in [0.717, 1.165) is 17.4 Å². The molecule has 2 aromatic rings. The standard InChI is InChI=1S/C14H17N3/c1-2-11-8-15-17-14(11)12(3-1)16-13(9-4-5-9)10-6-7-10/h1-3,8-10,13,16H,4-7H2,(H,15,17). The zero-order chi connectivity index (χ0) is 11.2. The molecule has 1 aromatic heterocycles. The van der Waals surface area contributed by atoms with Crippen molar-refractivity contribution in [1.82, 2.24) is 10.2 Å². The minimum absolute atomic E-state index is 0.698. The van der Waals surface area contributed by atoms with Crippen molar-refractivity contribution in [2.45, 2.75) is 31.7 Å². The Balaban J connectivity index is 1.66. The van der Waals surface area contributed by atoms with Gasteiger partial charge in [-0.1, -0.05) is 12.1 Å². The van der Waals surface area contributed by atoms with E-state index in [1.54, 1.807) is 0 Å². The van der Waals surface area contributed by atoms with Gasteiger partial charge in [0.2, 0.25) is 0 Å². The first-order valence-corrected chi connectivity index (χ1v) is 6.60. The first-order chi connectivity index (χ1) is 8.42. The summed E-state index contributed by atoms with van der Waals surface area (Å²) in [6.07, 6.45) is 7.53.